The average Bonchev–Trinajstić information content (AvgIpc) is 2.55. The number of carbonyl (C=O) groups excluding carboxylic acids is 1. The van der Waals surface area contributed by atoms with Crippen LogP contribution >= 0.6 is 0 Å². The number of benzene rings is 1. The molecule has 6 nitrogen and oxygen atoms in total. The minimum absolute atomic E-state index is 0.157. The average molecular weight is 322 g/mol. The van der Waals surface area contributed by atoms with E-state index in [1.807, 2.05) is 6.07 Å². The third kappa shape index (κ3) is 3.39. The maximum Gasteiger partial charge on any atom is 0.236 e. The minimum Gasteiger partial charge on any atom is -0.497 e. The lowest BCUT2D eigenvalue weighted by Gasteiger charge is -2.31. The molecule has 2 rings (SSSR count). The van der Waals surface area contributed by atoms with Crippen molar-refractivity contribution < 1.29 is 17.9 Å². The van der Waals surface area contributed by atoms with Crippen LogP contribution in [0.4, 0.5) is 0 Å². The molecule has 0 unspecified atom stereocenters. The molecular weight excluding hydrogens is 304 g/mol. The predicted octanol–water partition coefficient (Wildman–Crippen LogP) is 1.37. The summed E-state index contributed by atoms with van der Waals surface area (Å²) in [6, 6.07) is 8.15. The second-order valence-electron chi connectivity index (χ2n) is 5.14. The van der Waals surface area contributed by atoms with Gasteiger partial charge in [-0.25, -0.2) is 8.42 Å². The first kappa shape index (κ1) is 16.3. The molecule has 118 valence electrons. The molecule has 0 spiro atoms. The molecule has 7 heteroatoms. The molecule has 1 aliphatic rings. The number of nitrogens with zero attached hydrogens (tertiary/aromatic N) is 2. The van der Waals surface area contributed by atoms with Crippen molar-refractivity contribution in [2.24, 2.45) is 0 Å². The SMILES string of the molecule is COc1ccc(S(=O)(=O)C2CCN(C(=O)CC#N)CC2)cc1. The zero-order chi connectivity index (χ0) is 16.2. The first-order chi connectivity index (χ1) is 10.5. The summed E-state index contributed by atoms with van der Waals surface area (Å²) in [6.07, 6.45) is 0.632. The number of hydrogen-bond acceptors (Lipinski definition) is 5. The number of methoxy groups -OCH3 is 1. The van der Waals surface area contributed by atoms with Crippen molar-refractivity contribution in [2.45, 2.75) is 29.4 Å². The summed E-state index contributed by atoms with van der Waals surface area (Å²) in [4.78, 5) is 13.5. The first-order valence-electron chi connectivity index (χ1n) is 7.01. The van der Waals surface area contributed by atoms with Crippen molar-refractivity contribution in [2.75, 3.05) is 20.2 Å². The normalized spacial score (nSPS) is 16.1. The van der Waals surface area contributed by atoms with E-state index in [0.717, 1.165) is 0 Å². The third-order valence-electron chi connectivity index (χ3n) is 3.85. The van der Waals surface area contributed by atoms with E-state index >= 15 is 0 Å². The molecular formula is C15H18N2O4S. The molecule has 22 heavy (non-hydrogen) atoms. The Kier molecular flexibility index (Phi) is 5.03. The molecule has 0 saturated carbocycles. The minimum atomic E-state index is -3.41. The molecule has 1 amide bonds. The van der Waals surface area contributed by atoms with Crippen molar-refractivity contribution in [3.05, 3.63) is 24.3 Å². The van der Waals surface area contributed by atoms with Crippen LogP contribution in [0.2, 0.25) is 0 Å². The molecule has 1 aliphatic heterocycles. The lowest BCUT2D eigenvalue weighted by atomic mass is 10.1. The van der Waals surface area contributed by atoms with E-state index in [9.17, 15) is 13.2 Å². The summed E-state index contributed by atoms with van der Waals surface area (Å²) in [7, 11) is -1.88. The predicted molar refractivity (Wildman–Crippen MR) is 80.0 cm³/mol. The van der Waals surface area contributed by atoms with Gasteiger partial charge >= 0.3 is 0 Å². The van der Waals surface area contributed by atoms with E-state index in [0.29, 0.717) is 31.7 Å². The first-order valence-corrected chi connectivity index (χ1v) is 8.56. The van der Waals surface area contributed by atoms with Gasteiger partial charge in [0.15, 0.2) is 9.84 Å². The topological polar surface area (TPSA) is 87.5 Å². The summed E-state index contributed by atoms with van der Waals surface area (Å²) in [5, 5.41) is 8.04. The smallest absolute Gasteiger partial charge is 0.236 e. The molecule has 1 aromatic rings. The maximum atomic E-state index is 12.6. The summed E-state index contributed by atoms with van der Waals surface area (Å²) in [6.45, 7) is 0.751. The Morgan fingerprint density at radius 1 is 1.32 bits per heavy atom. The van der Waals surface area contributed by atoms with Gasteiger partial charge in [0.25, 0.3) is 0 Å². The molecule has 1 heterocycles. The van der Waals surface area contributed by atoms with Gasteiger partial charge in [-0.2, -0.15) is 5.26 Å². The van der Waals surface area contributed by atoms with Crippen molar-refractivity contribution in [1.82, 2.24) is 4.90 Å². The number of ether oxygens (including phenoxy) is 1. The molecule has 0 aliphatic carbocycles. The van der Waals surface area contributed by atoms with Gasteiger partial charge in [0, 0.05) is 13.1 Å². The van der Waals surface area contributed by atoms with E-state index in [-0.39, 0.29) is 17.2 Å². The van der Waals surface area contributed by atoms with Crippen LogP contribution in [-0.2, 0) is 14.6 Å². The lowest BCUT2D eigenvalue weighted by Crippen LogP contribution is -2.42. The van der Waals surface area contributed by atoms with Crippen LogP contribution in [0.15, 0.2) is 29.2 Å². The number of amides is 1. The highest BCUT2D eigenvalue weighted by atomic mass is 32.2. The van der Waals surface area contributed by atoms with Crippen LogP contribution in [0, 0.1) is 11.3 Å². The Hall–Kier alpha value is -2.07. The van der Waals surface area contributed by atoms with Gasteiger partial charge in [0.1, 0.15) is 12.2 Å². The highest BCUT2D eigenvalue weighted by molar-refractivity contribution is 7.92. The van der Waals surface area contributed by atoms with Crippen LogP contribution in [0.3, 0.4) is 0 Å². The zero-order valence-corrected chi connectivity index (χ0v) is 13.2. The van der Waals surface area contributed by atoms with E-state index < -0.39 is 15.1 Å². The van der Waals surface area contributed by atoms with Crippen LogP contribution in [0.25, 0.3) is 0 Å². The lowest BCUT2D eigenvalue weighted by molar-refractivity contribution is -0.130. The van der Waals surface area contributed by atoms with Crippen LogP contribution in [-0.4, -0.2) is 44.7 Å². The molecule has 1 fully saturated rings. The Labute approximate surface area is 130 Å². The molecule has 0 bridgehead atoms. The Bertz CT molecular complexity index is 668. The van der Waals surface area contributed by atoms with Gasteiger partial charge < -0.3 is 9.64 Å². The van der Waals surface area contributed by atoms with Crippen LogP contribution in [0.5, 0.6) is 5.75 Å². The molecule has 0 N–H and O–H groups in total. The number of hydrogen-bond donors (Lipinski definition) is 0. The molecule has 1 saturated heterocycles. The van der Waals surface area contributed by atoms with Crippen molar-refractivity contribution >= 4 is 15.7 Å². The molecule has 0 aromatic heterocycles. The Morgan fingerprint density at radius 2 is 1.91 bits per heavy atom. The van der Waals surface area contributed by atoms with Gasteiger partial charge in [-0.3, -0.25) is 4.79 Å². The van der Waals surface area contributed by atoms with Crippen molar-refractivity contribution in [1.29, 1.82) is 5.26 Å². The van der Waals surface area contributed by atoms with Gasteiger partial charge in [-0.05, 0) is 37.1 Å². The molecule has 0 atom stereocenters. The summed E-state index contributed by atoms with van der Waals surface area (Å²) in [5.41, 5.74) is 0. The Balaban J connectivity index is 2.06. The molecule has 0 radical (unpaired) electrons. The van der Waals surface area contributed by atoms with E-state index in [2.05, 4.69) is 0 Å². The number of rotatable bonds is 4. The fraction of sp³-hybridized carbons (Fsp3) is 0.467. The van der Waals surface area contributed by atoms with E-state index in [4.69, 9.17) is 10.00 Å². The largest absolute Gasteiger partial charge is 0.497 e. The fourth-order valence-electron chi connectivity index (χ4n) is 2.55. The Morgan fingerprint density at radius 3 is 2.41 bits per heavy atom. The quantitative estimate of drug-likeness (QED) is 0.835. The van der Waals surface area contributed by atoms with Crippen molar-refractivity contribution in [3.63, 3.8) is 0 Å². The molecule has 1 aromatic carbocycles. The van der Waals surface area contributed by atoms with Crippen LogP contribution in [0.1, 0.15) is 19.3 Å². The van der Waals surface area contributed by atoms with Gasteiger partial charge in [-0.1, -0.05) is 0 Å². The number of carbonyl (C=O) groups is 1. The number of nitriles is 1. The monoisotopic (exact) mass is 322 g/mol. The highest BCUT2D eigenvalue weighted by Crippen LogP contribution is 2.26. The van der Waals surface area contributed by atoms with Gasteiger partial charge in [0.05, 0.1) is 23.3 Å². The second-order valence-corrected chi connectivity index (χ2v) is 7.36. The fourth-order valence-corrected chi connectivity index (χ4v) is 4.28. The van der Waals surface area contributed by atoms with Gasteiger partial charge in [0.2, 0.25) is 5.91 Å². The highest BCUT2D eigenvalue weighted by Gasteiger charge is 2.32. The number of piperidine rings is 1. The standard InChI is InChI=1S/C15H18N2O4S/c1-21-12-2-4-13(5-3-12)22(19,20)14-7-10-17(11-8-14)15(18)6-9-16/h2-5,14H,6-8,10-11H2,1H3. The number of sulfone groups is 1. The third-order valence-corrected chi connectivity index (χ3v) is 6.13. The van der Waals surface area contributed by atoms with E-state index in [1.165, 1.54) is 7.11 Å². The zero-order valence-electron chi connectivity index (χ0n) is 12.4. The van der Waals surface area contributed by atoms with Crippen LogP contribution < -0.4 is 4.74 Å². The summed E-state index contributed by atoms with van der Waals surface area (Å²) < 4.78 is 30.2. The summed E-state index contributed by atoms with van der Waals surface area (Å²) in [5.74, 6) is 0.374. The van der Waals surface area contributed by atoms with E-state index in [1.54, 1.807) is 29.2 Å². The second kappa shape index (κ2) is 6.79. The van der Waals surface area contributed by atoms with Crippen molar-refractivity contribution in [3.8, 4) is 11.8 Å². The summed E-state index contributed by atoms with van der Waals surface area (Å²) >= 11 is 0. The van der Waals surface area contributed by atoms with Gasteiger partial charge in [-0.15, -0.1) is 0 Å². The number of likely N-dealkylation sites (tertiary alicyclic amines) is 1. The maximum absolute atomic E-state index is 12.6.